The van der Waals surface area contributed by atoms with Crippen molar-refractivity contribution in [3.63, 3.8) is 0 Å². The molecule has 1 rings (SSSR count). The Labute approximate surface area is 102 Å². The number of aliphatic hydroxyl groups is 1. The Morgan fingerprint density at radius 2 is 2.44 bits per heavy atom. The molecule has 2 atom stereocenters. The van der Waals surface area contributed by atoms with E-state index < -0.39 is 12.1 Å². The van der Waals surface area contributed by atoms with E-state index >= 15 is 0 Å². The molecule has 1 amide bonds. The van der Waals surface area contributed by atoms with Crippen LogP contribution in [-0.2, 0) is 0 Å². The molecule has 1 heterocycles. The van der Waals surface area contributed by atoms with E-state index in [1.165, 1.54) is 6.20 Å². The summed E-state index contributed by atoms with van der Waals surface area (Å²) < 4.78 is 0.623. The Bertz CT molecular complexity index is 371. The number of aromatic nitrogens is 1. The van der Waals surface area contributed by atoms with Gasteiger partial charge in [-0.25, -0.2) is 4.98 Å². The number of nitrogens with one attached hydrogen (secondary N) is 1. The normalized spacial score (nSPS) is 14.2. The second kappa shape index (κ2) is 5.93. The largest absolute Gasteiger partial charge is 0.392 e. The third kappa shape index (κ3) is 3.55. The minimum Gasteiger partial charge on any atom is -0.392 e. The van der Waals surface area contributed by atoms with E-state index in [0.29, 0.717) is 10.2 Å². The molecule has 1 aromatic heterocycles. The minimum absolute atomic E-state index is 0.208. The van der Waals surface area contributed by atoms with E-state index in [9.17, 15) is 4.79 Å². The smallest absolute Gasteiger partial charge is 0.271 e. The molecule has 0 fully saturated rings. The molecule has 6 heteroatoms. The second-order valence-electron chi connectivity index (χ2n) is 3.45. The Morgan fingerprint density at radius 3 is 3.00 bits per heavy atom. The van der Waals surface area contributed by atoms with Crippen molar-refractivity contribution in [2.75, 3.05) is 6.54 Å². The number of halogens is 1. The molecule has 16 heavy (non-hydrogen) atoms. The molecule has 4 N–H and O–H groups in total. The zero-order valence-corrected chi connectivity index (χ0v) is 10.4. The van der Waals surface area contributed by atoms with Crippen LogP contribution in [0.4, 0.5) is 0 Å². The highest BCUT2D eigenvalue weighted by Gasteiger charge is 2.14. The highest BCUT2D eigenvalue weighted by molar-refractivity contribution is 9.10. The molecule has 0 spiro atoms. The molecule has 88 valence electrons. The lowest BCUT2D eigenvalue weighted by Gasteiger charge is -2.15. The van der Waals surface area contributed by atoms with Crippen molar-refractivity contribution in [2.45, 2.75) is 19.1 Å². The van der Waals surface area contributed by atoms with Crippen LogP contribution in [0.15, 0.2) is 22.8 Å². The SMILES string of the molecule is CC(O)C(N)CNC(=O)c1ncccc1Br. The van der Waals surface area contributed by atoms with Crippen LogP contribution in [-0.4, -0.2) is 34.7 Å². The van der Waals surface area contributed by atoms with Crippen molar-refractivity contribution in [3.05, 3.63) is 28.5 Å². The molecule has 0 aromatic carbocycles. The third-order valence-electron chi connectivity index (χ3n) is 2.09. The van der Waals surface area contributed by atoms with Crippen LogP contribution in [0.1, 0.15) is 17.4 Å². The number of nitrogens with zero attached hydrogens (tertiary/aromatic N) is 1. The number of carbonyl (C=O) groups excluding carboxylic acids is 1. The van der Waals surface area contributed by atoms with Gasteiger partial charge in [-0.15, -0.1) is 0 Å². The summed E-state index contributed by atoms with van der Waals surface area (Å²) in [6.07, 6.45) is 0.876. The van der Waals surface area contributed by atoms with E-state index in [4.69, 9.17) is 10.8 Å². The first-order valence-corrected chi connectivity index (χ1v) is 5.64. The zero-order valence-electron chi connectivity index (χ0n) is 8.85. The minimum atomic E-state index is -0.660. The molecule has 0 radical (unpaired) electrons. The van der Waals surface area contributed by atoms with E-state index in [-0.39, 0.29) is 12.5 Å². The van der Waals surface area contributed by atoms with Crippen molar-refractivity contribution < 1.29 is 9.90 Å². The fourth-order valence-electron chi connectivity index (χ4n) is 1.02. The van der Waals surface area contributed by atoms with Crippen molar-refractivity contribution >= 4 is 21.8 Å². The summed E-state index contributed by atoms with van der Waals surface area (Å²) in [5.74, 6) is -0.316. The summed E-state index contributed by atoms with van der Waals surface area (Å²) in [7, 11) is 0. The van der Waals surface area contributed by atoms with E-state index in [1.807, 2.05) is 0 Å². The maximum atomic E-state index is 11.7. The first-order valence-electron chi connectivity index (χ1n) is 4.84. The molecule has 2 unspecified atom stereocenters. The summed E-state index contributed by atoms with van der Waals surface area (Å²) >= 11 is 3.23. The third-order valence-corrected chi connectivity index (χ3v) is 2.73. The van der Waals surface area contributed by atoms with Crippen molar-refractivity contribution in [1.29, 1.82) is 0 Å². The van der Waals surface area contributed by atoms with Gasteiger partial charge < -0.3 is 16.2 Å². The number of hydrogen-bond acceptors (Lipinski definition) is 4. The Balaban J connectivity index is 2.57. The van der Waals surface area contributed by atoms with Crippen LogP contribution in [0.5, 0.6) is 0 Å². The molecule has 0 saturated heterocycles. The Kier molecular flexibility index (Phi) is 4.85. The number of amides is 1. The predicted octanol–water partition coefficient (Wildman–Crippen LogP) is 0.282. The average Bonchev–Trinajstić information content (AvgIpc) is 2.25. The van der Waals surface area contributed by atoms with Crippen LogP contribution in [0.2, 0.25) is 0 Å². The molecule has 0 aliphatic carbocycles. The lowest BCUT2D eigenvalue weighted by molar-refractivity contribution is 0.0932. The molecule has 0 aliphatic rings. The molecule has 0 saturated carbocycles. The first kappa shape index (κ1) is 13.1. The van der Waals surface area contributed by atoms with Gasteiger partial charge in [-0.1, -0.05) is 0 Å². The first-order chi connectivity index (χ1) is 7.52. The van der Waals surface area contributed by atoms with Crippen molar-refractivity contribution in [1.82, 2.24) is 10.3 Å². The quantitative estimate of drug-likeness (QED) is 0.742. The zero-order chi connectivity index (χ0) is 12.1. The molecule has 1 aromatic rings. The fraction of sp³-hybridized carbons (Fsp3) is 0.400. The van der Waals surface area contributed by atoms with Crippen LogP contribution in [0.3, 0.4) is 0 Å². The van der Waals surface area contributed by atoms with Gasteiger partial charge in [-0.05, 0) is 35.0 Å². The maximum Gasteiger partial charge on any atom is 0.271 e. The lowest BCUT2D eigenvalue weighted by Crippen LogP contribution is -2.43. The Hall–Kier alpha value is -0.980. The van der Waals surface area contributed by atoms with Gasteiger partial charge in [-0.2, -0.15) is 0 Å². The molecular formula is C10H14BrN3O2. The van der Waals surface area contributed by atoms with Gasteiger partial charge in [0.05, 0.1) is 6.10 Å². The van der Waals surface area contributed by atoms with Gasteiger partial charge in [0.1, 0.15) is 5.69 Å². The summed E-state index contributed by atoms with van der Waals surface area (Å²) in [6.45, 7) is 1.78. The highest BCUT2D eigenvalue weighted by atomic mass is 79.9. The maximum absolute atomic E-state index is 11.7. The average molecular weight is 288 g/mol. The number of carbonyl (C=O) groups is 1. The van der Waals surface area contributed by atoms with Gasteiger partial charge in [0, 0.05) is 23.3 Å². The number of nitrogens with two attached hydrogens (primary N) is 1. The Morgan fingerprint density at radius 1 is 1.75 bits per heavy atom. The monoisotopic (exact) mass is 287 g/mol. The van der Waals surface area contributed by atoms with Crippen LogP contribution < -0.4 is 11.1 Å². The summed E-state index contributed by atoms with van der Waals surface area (Å²) in [5, 5.41) is 11.8. The van der Waals surface area contributed by atoms with Gasteiger partial charge in [-0.3, -0.25) is 4.79 Å². The number of pyridine rings is 1. The molecular weight excluding hydrogens is 274 g/mol. The van der Waals surface area contributed by atoms with E-state index in [2.05, 4.69) is 26.2 Å². The summed E-state index contributed by atoms with van der Waals surface area (Å²) in [4.78, 5) is 15.6. The lowest BCUT2D eigenvalue weighted by atomic mass is 10.2. The summed E-state index contributed by atoms with van der Waals surface area (Å²) in [6, 6.07) is 2.98. The summed E-state index contributed by atoms with van der Waals surface area (Å²) in [5.41, 5.74) is 5.89. The van der Waals surface area contributed by atoms with Crippen molar-refractivity contribution in [3.8, 4) is 0 Å². The standard InChI is InChI=1S/C10H14BrN3O2/c1-6(15)8(12)5-14-10(16)9-7(11)3-2-4-13-9/h2-4,6,8,15H,5,12H2,1H3,(H,14,16). The van der Waals surface area contributed by atoms with Gasteiger partial charge >= 0.3 is 0 Å². The van der Waals surface area contributed by atoms with E-state index in [0.717, 1.165) is 0 Å². The van der Waals surface area contributed by atoms with E-state index in [1.54, 1.807) is 19.1 Å². The highest BCUT2D eigenvalue weighted by Crippen LogP contribution is 2.12. The molecule has 0 bridgehead atoms. The van der Waals surface area contributed by atoms with Gasteiger partial charge in [0.2, 0.25) is 0 Å². The van der Waals surface area contributed by atoms with Crippen LogP contribution in [0.25, 0.3) is 0 Å². The molecule has 5 nitrogen and oxygen atoms in total. The number of rotatable bonds is 4. The van der Waals surface area contributed by atoms with Gasteiger partial charge in [0.25, 0.3) is 5.91 Å². The number of aliphatic hydroxyl groups excluding tert-OH is 1. The van der Waals surface area contributed by atoms with Gasteiger partial charge in [0.15, 0.2) is 0 Å². The van der Waals surface area contributed by atoms with Crippen LogP contribution in [0, 0.1) is 0 Å². The number of hydrogen-bond donors (Lipinski definition) is 3. The topological polar surface area (TPSA) is 88.2 Å². The van der Waals surface area contributed by atoms with Crippen molar-refractivity contribution in [2.24, 2.45) is 5.73 Å². The van der Waals surface area contributed by atoms with Crippen LogP contribution >= 0.6 is 15.9 Å². The second-order valence-corrected chi connectivity index (χ2v) is 4.30. The fourth-order valence-corrected chi connectivity index (χ4v) is 1.45. The predicted molar refractivity (Wildman–Crippen MR) is 63.9 cm³/mol. The molecule has 0 aliphatic heterocycles.